The molecule has 23 heavy (non-hydrogen) atoms. The Morgan fingerprint density at radius 1 is 0.783 bits per heavy atom. The summed E-state index contributed by atoms with van der Waals surface area (Å²) in [7, 11) is 0. The van der Waals surface area contributed by atoms with E-state index in [0.717, 1.165) is 10.8 Å². The first-order chi connectivity index (χ1) is 10.7. The van der Waals surface area contributed by atoms with E-state index in [9.17, 15) is 14.7 Å². The topological polar surface area (TPSA) is 66.4 Å². The monoisotopic (exact) mass is 314 g/mol. The van der Waals surface area contributed by atoms with E-state index in [-0.39, 0.29) is 40.7 Å². The number of carbonyl (C=O) groups is 2. The number of carboxylic acid groups (broad SMARTS) is 1. The Balaban J connectivity index is 0.00000192. The van der Waals surface area contributed by atoms with Crippen LogP contribution in [0.4, 0.5) is 5.69 Å². The molecule has 0 aliphatic heterocycles. The van der Waals surface area contributed by atoms with Crippen molar-refractivity contribution in [3.8, 4) is 0 Å². The van der Waals surface area contributed by atoms with Crippen molar-refractivity contribution in [2.75, 3.05) is 5.32 Å². The Hall–Kier alpha value is -2.14. The summed E-state index contributed by atoms with van der Waals surface area (Å²) < 4.78 is 0. The maximum atomic E-state index is 12.4. The van der Waals surface area contributed by atoms with Crippen LogP contribution in [0.5, 0.6) is 0 Å². The smallest absolute Gasteiger partial charge is 0.336 e. The second kappa shape index (κ2) is 7.42. The molecule has 2 N–H and O–H groups in total. The molecule has 109 valence electrons. The van der Waals surface area contributed by atoms with Gasteiger partial charge in [0.25, 0.3) is 5.91 Å². The predicted octanol–water partition coefficient (Wildman–Crippen LogP) is 3.41. The third kappa shape index (κ3) is 3.62. The van der Waals surface area contributed by atoms with Crippen LogP contribution in [0.2, 0.25) is 0 Å². The van der Waals surface area contributed by atoms with Crippen molar-refractivity contribution in [2.24, 2.45) is 0 Å². The van der Waals surface area contributed by atoms with E-state index in [1.165, 1.54) is 12.1 Å². The van der Waals surface area contributed by atoms with Crippen LogP contribution < -0.4 is 5.32 Å². The summed E-state index contributed by atoms with van der Waals surface area (Å²) in [5, 5.41) is 13.9. The average Bonchev–Trinajstić information content (AvgIpc) is 2.55. The second-order valence-electron chi connectivity index (χ2n) is 4.83. The van der Waals surface area contributed by atoms with Crippen LogP contribution in [0.15, 0.2) is 66.7 Å². The summed E-state index contributed by atoms with van der Waals surface area (Å²) in [4.78, 5) is 23.6. The number of carbonyl (C=O) groups excluding carboxylic acids is 1. The molecule has 0 saturated carbocycles. The fourth-order valence-electron chi connectivity index (χ4n) is 2.39. The molecule has 3 aromatic rings. The minimum Gasteiger partial charge on any atom is -0.478 e. The number of hydrogen-bond donors (Lipinski definition) is 2. The SMILES string of the molecule is O=C(O)c1ccccc1C(=O)Nc1cccc2ccccc12.[Na]. The van der Waals surface area contributed by atoms with Gasteiger partial charge in [-0.3, -0.25) is 4.79 Å². The van der Waals surface area contributed by atoms with E-state index < -0.39 is 11.9 Å². The van der Waals surface area contributed by atoms with E-state index in [1.807, 2.05) is 36.4 Å². The van der Waals surface area contributed by atoms with Crippen LogP contribution in [0.25, 0.3) is 10.8 Å². The van der Waals surface area contributed by atoms with E-state index in [0.29, 0.717) is 5.69 Å². The molecule has 0 fully saturated rings. The summed E-state index contributed by atoms with van der Waals surface area (Å²) in [6, 6.07) is 19.4. The third-order valence-electron chi connectivity index (χ3n) is 3.44. The second-order valence-corrected chi connectivity index (χ2v) is 4.83. The molecule has 1 amide bonds. The minimum absolute atomic E-state index is 0. The first kappa shape index (κ1) is 17.2. The molecule has 5 heteroatoms. The van der Waals surface area contributed by atoms with Crippen molar-refractivity contribution in [3.63, 3.8) is 0 Å². The molecule has 4 nitrogen and oxygen atoms in total. The maximum absolute atomic E-state index is 12.4. The molecule has 0 aliphatic carbocycles. The van der Waals surface area contributed by atoms with Gasteiger partial charge in [0.2, 0.25) is 0 Å². The number of anilines is 1. The Morgan fingerprint density at radius 2 is 1.39 bits per heavy atom. The standard InChI is InChI=1S/C18H13NO3.Na/c20-17(14-9-3-4-10-15(14)18(21)22)19-16-11-5-7-12-6-1-2-8-13(12)16;/h1-11H,(H,19,20)(H,21,22);. The molecule has 0 aliphatic rings. The maximum Gasteiger partial charge on any atom is 0.336 e. The van der Waals surface area contributed by atoms with Gasteiger partial charge in [0.1, 0.15) is 0 Å². The van der Waals surface area contributed by atoms with Crippen molar-refractivity contribution in [1.82, 2.24) is 0 Å². The van der Waals surface area contributed by atoms with Gasteiger partial charge in [-0.15, -0.1) is 0 Å². The van der Waals surface area contributed by atoms with Crippen LogP contribution in [0.3, 0.4) is 0 Å². The van der Waals surface area contributed by atoms with Gasteiger partial charge in [0.05, 0.1) is 11.1 Å². The molecule has 0 atom stereocenters. The van der Waals surface area contributed by atoms with Crippen LogP contribution in [-0.4, -0.2) is 46.5 Å². The Kier molecular flexibility index (Phi) is 5.55. The molecular weight excluding hydrogens is 301 g/mol. The Labute approximate surface area is 155 Å². The van der Waals surface area contributed by atoms with Crippen molar-refractivity contribution in [2.45, 2.75) is 0 Å². The number of rotatable bonds is 3. The molecular formula is C18H13NNaO3. The largest absolute Gasteiger partial charge is 0.478 e. The quantitative estimate of drug-likeness (QED) is 0.728. The van der Waals surface area contributed by atoms with Gasteiger partial charge in [0.15, 0.2) is 0 Å². The van der Waals surface area contributed by atoms with E-state index in [1.54, 1.807) is 18.2 Å². The number of nitrogens with one attached hydrogen (secondary N) is 1. The normalized spacial score (nSPS) is 9.91. The molecule has 0 heterocycles. The molecule has 3 rings (SSSR count). The van der Waals surface area contributed by atoms with Crippen molar-refractivity contribution in [1.29, 1.82) is 0 Å². The molecule has 3 aromatic carbocycles. The summed E-state index contributed by atoms with van der Waals surface area (Å²) in [5.74, 6) is -1.56. The van der Waals surface area contributed by atoms with Crippen LogP contribution >= 0.6 is 0 Å². The summed E-state index contributed by atoms with van der Waals surface area (Å²) in [5.41, 5.74) is 0.784. The Morgan fingerprint density at radius 3 is 2.13 bits per heavy atom. The summed E-state index contributed by atoms with van der Waals surface area (Å²) >= 11 is 0. The molecule has 0 spiro atoms. The number of fused-ring (bicyclic) bond motifs is 1. The van der Waals surface area contributed by atoms with Gasteiger partial charge in [-0.25, -0.2) is 4.79 Å². The molecule has 0 aromatic heterocycles. The van der Waals surface area contributed by atoms with Gasteiger partial charge in [-0.05, 0) is 23.6 Å². The summed E-state index contributed by atoms with van der Waals surface area (Å²) in [6.07, 6.45) is 0. The van der Waals surface area contributed by atoms with E-state index in [4.69, 9.17) is 0 Å². The van der Waals surface area contributed by atoms with Crippen LogP contribution in [-0.2, 0) is 0 Å². The van der Waals surface area contributed by atoms with Gasteiger partial charge in [0, 0.05) is 40.6 Å². The zero-order valence-corrected chi connectivity index (χ0v) is 14.6. The van der Waals surface area contributed by atoms with Crippen molar-refractivity contribution in [3.05, 3.63) is 77.9 Å². The van der Waals surface area contributed by atoms with E-state index >= 15 is 0 Å². The van der Waals surface area contributed by atoms with E-state index in [2.05, 4.69) is 5.32 Å². The van der Waals surface area contributed by atoms with Gasteiger partial charge >= 0.3 is 5.97 Å². The van der Waals surface area contributed by atoms with Crippen LogP contribution in [0, 0.1) is 0 Å². The first-order valence-corrected chi connectivity index (χ1v) is 6.78. The van der Waals surface area contributed by atoms with Crippen LogP contribution in [0.1, 0.15) is 20.7 Å². The minimum atomic E-state index is -1.12. The first-order valence-electron chi connectivity index (χ1n) is 6.78. The number of benzene rings is 3. The molecule has 1 radical (unpaired) electrons. The zero-order valence-electron chi connectivity index (χ0n) is 12.6. The van der Waals surface area contributed by atoms with Crippen molar-refractivity contribution >= 4 is 57.9 Å². The number of hydrogen-bond acceptors (Lipinski definition) is 2. The average molecular weight is 314 g/mol. The third-order valence-corrected chi connectivity index (χ3v) is 3.44. The van der Waals surface area contributed by atoms with Gasteiger partial charge in [-0.2, -0.15) is 0 Å². The van der Waals surface area contributed by atoms with Gasteiger partial charge in [-0.1, -0.05) is 48.5 Å². The number of amides is 1. The summed E-state index contributed by atoms with van der Waals surface area (Å²) in [6.45, 7) is 0. The molecule has 0 saturated heterocycles. The molecule has 0 unspecified atom stereocenters. The number of aromatic carboxylic acids is 1. The number of carboxylic acids is 1. The van der Waals surface area contributed by atoms with Gasteiger partial charge < -0.3 is 10.4 Å². The molecule has 0 bridgehead atoms. The Bertz CT molecular complexity index is 872. The predicted molar refractivity (Wildman–Crippen MR) is 91.1 cm³/mol. The fraction of sp³-hybridized carbons (Fsp3) is 0. The van der Waals surface area contributed by atoms with Crippen molar-refractivity contribution < 1.29 is 14.7 Å². The zero-order chi connectivity index (χ0) is 15.5. The fourth-order valence-corrected chi connectivity index (χ4v) is 2.39.